The third kappa shape index (κ3) is 2.03. The normalized spacial score (nSPS) is 20.4. The second-order valence-electron chi connectivity index (χ2n) is 4.74. The zero-order chi connectivity index (χ0) is 14.3. The number of hydrogen-bond donors (Lipinski definition) is 3. The van der Waals surface area contributed by atoms with Gasteiger partial charge in [0.1, 0.15) is 0 Å². The average molecular weight is 273 g/mol. The Balaban J connectivity index is 1.77. The van der Waals surface area contributed by atoms with Crippen molar-refractivity contribution in [2.24, 2.45) is 5.92 Å². The van der Waals surface area contributed by atoms with Crippen LogP contribution in [0.4, 0.5) is 5.69 Å². The predicted octanol–water partition coefficient (Wildman–Crippen LogP) is -0.355. The Bertz CT molecular complexity index is 653. The van der Waals surface area contributed by atoms with Crippen LogP contribution in [0.1, 0.15) is 27.1 Å². The maximum absolute atomic E-state index is 11.9. The van der Waals surface area contributed by atoms with E-state index in [1.54, 1.807) is 6.07 Å². The van der Waals surface area contributed by atoms with Crippen molar-refractivity contribution in [1.29, 1.82) is 0 Å². The Kier molecular flexibility index (Phi) is 2.74. The van der Waals surface area contributed by atoms with Crippen LogP contribution < -0.4 is 16.0 Å². The lowest BCUT2D eigenvalue weighted by Gasteiger charge is -2.09. The minimum absolute atomic E-state index is 0.149. The van der Waals surface area contributed by atoms with Crippen LogP contribution in [0, 0.1) is 5.92 Å². The lowest BCUT2D eigenvalue weighted by Crippen LogP contribution is -2.24. The van der Waals surface area contributed by atoms with E-state index in [0.29, 0.717) is 17.8 Å². The van der Waals surface area contributed by atoms with Gasteiger partial charge in [-0.2, -0.15) is 0 Å². The van der Waals surface area contributed by atoms with E-state index in [0.717, 1.165) is 0 Å². The molecule has 1 fully saturated rings. The number of carbonyl (C=O) groups is 4. The number of amides is 4. The van der Waals surface area contributed by atoms with E-state index in [2.05, 4.69) is 16.0 Å². The van der Waals surface area contributed by atoms with Crippen LogP contribution in [0.2, 0.25) is 0 Å². The molecule has 1 atom stereocenters. The van der Waals surface area contributed by atoms with Crippen molar-refractivity contribution < 1.29 is 19.2 Å². The van der Waals surface area contributed by atoms with Gasteiger partial charge in [0.2, 0.25) is 11.8 Å². The van der Waals surface area contributed by atoms with Crippen molar-refractivity contribution in [3.05, 3.63) is 29.3 Å². The SMILES string of the molecule is O=C1CC(C(=O)Nc2ccc3c(c2)C(=O)NC3=O)CN1. The zero-order valence-electron chi connectivity index (χ0n) is 10.4. The van der Waals surface area contributed by atoms with Crippen LogP contribution in [0.5, 0.6) is 0 Å². The van der Waals surface area contributed by atoms with E-state index in [9.17, 15) is 19.2 Å². The Labute approximate surface area is 113 Å². The number of hydrogen-bond acceptors (Lipinski definition) is 4. The first-order valence-corrected chi connectivity index (χ1v) is 6.12. The molecule has 3 rings (SSSR count). The highest BCUT2D eigenvalue weighted by molar-refractivity contribution is 6.22. The number of rotatable bonds is 2. The molecule has 1 unspecified atom stereocenters. The van der Waals surface area contributed by atoms with Gasteiger partial charge in [0, 0.05) is 18.7 Å². The summed E-state index contributed by atoms with van der Waals surface area (Å²) in [6.07, 6.45) is 0.162. The summed E-state index contributed by atoms with van der Waals surface area (Å²) in [6.45, 7) is 0.314. The minimum atomic E-state index is -0.473. The molecule has 2 aliphatic heterocycles. The van der Waals surface area contributed by atoms with Crippen molar-refractivity contribution in [3.63, 3.8) is 0 Å². The van der Waals surface area contributed by atoms with Crippen molar-refractivity contribution in [2.45, 2.75) is 6.42 Å². The van der Waals surface area contributed by atoms with Gasteiger partial charge >= 0.3 is 0 Å². The predicted molar refractivity (Wildman–Crippen MR) is 68.0 cm³/mol. The fraction of sp³-hybridized carbons (Fsp3) is 0.231. The van der Waals surface area contributed by atoms with Gasteiger partial charge in [-0.25, -0.2) is 0 Å². The molecule has 2 aliphatic rings. The van der Waals surface area contributed by atoms with Gasteiger partial charge in [-0.05, 0) is 18.2 Å². The lowest BCUT2D eigenvalue weighted by molar-refractivity contribution is -0.123. The first-order chi connectivity index (χ1) is 9.54. The molecule has 1 aromatic carbocycles. The first-order valence-electron chi connectivity index (χ1n) is 6.12. The van der Waals surface area contributed by atoms with Gasteiger partial charge in [0.15, 0.2) is 0 Å². The first kappa shape index (κ1) is 12.3. The highest BCUT2D eigenvalue weighted by Gasteiger charge is 2.29. The molecule has 102 valence electrons. The molecule has 2 heterocycles. The Morgan fingerprint density at radius 2 is 1.90 bits per heavy atom. The van der Waals surface area contributed by atoms with Crippen LogP contribution in [-0.2, 0) is 9.59 Å². The van der Waals surface area contributed by atoms with Gasteiger partial charge in [0.25, 0.3) is 11.8 Å². The maximum Gasteiger partial charge on any atom is 0.259 e. The summed E-state index contributed by atoms with van der Waals surface area (Å²) in [5.74, 6) is -1.75. The fourth-order valence-electron chi connectivity index (χ4n) is 2.28. The average Bonchev–Trinajstić information content (AvgIpc) is 2.95. The van der Waals surface area contributed by atoms with E-state index in [1.165, 1.54) is 12.1 Å². The highest BCUT2D eigenvalue weighted by atomic mass is 16.2. The number of benzene rings is 1. The minimum Gasteiger partial charge on any atom is -0.355 e. The summed E-state index contributed by atoms with van der Waals surface area (Å²) >= 11 is 0. The number of fused-ring (bicyclic) bond motifs is 1. The Hall–Kier alpha value is -2.70. The van der Waals surface area contributed by atoms with Crippen LogP contribution in [0.3, 0.4) is 0 Å². The third-order valence-electron chi connectivity index (χ3n) is 3.35. The van der Waals surface area contributed by atoms with Crippen molar-refractivity contribution in [3.8, 4) is 0 Å². The van der Waals surface area contributed by atoms with E-state index in [1.807, 2.05) is 0 Å². The fourth-order valence-corrected chi connectivity index (χ4v) is 2.28. The van der Waals surface area contributed by atoms with Crippen LogP contribution in [0.15, 0.2) is 18.2 Å². The third-order valence-corrected chi connectivity index (χ3v) is 3.35. The second kappa shape index (κ2) is 4.44. The molecule has 4 amide bonds. The molecule has 20 heavy (non-hydrogen) atoms. The standard InChI is InChI=1S/C13H11N3O4/c17-10-3-6(5-14-10)11(18)15-7-1-2-8-9(4-7)13(20)16-12(8)19/h1-2,4,6H,3,5H2,(H,14,17)(H,15,18)(H,16,19,20). The van der Waals surface area contributed by atoms with Crippen molar-refractivity contribution in [1.82, 2.24) is 10.6 Å². The monoisotopic (exact) mass is 273 g/mol. The summed E-state index contributed by atoms with van der Waals surface area (Å²) in [6, 6.07) is 4.50. The molecule has 1 aromatic rings. The summed E-state index contributed by atoms with van der Waals surface area (Å²) in [5, 5.41) is 7.41. The van der Waals surface area contributed by atoms with Gasteiger partial charge < -0.3 is 10.6 Å². The summed E-state index contributed by atoms with van der Waals surface area (Å²) in [7, 11) is 0. The summed E-state index contributed by atoms with van der Waals surface area (Å²) in [5.41, 5.74) is 0.970. The number of anilines is 1. The van der Waals surface area contributed by atoms with Gasteiger partial charge in [-0.3, -0.25) is 24.5 Å². The van der Waals surface area contributed by atoms with Crippen LogP contribution in [0.25, 0.3) is 0 Å². The smallest absolute Gasteiger partial charge is 0.259 e. The molecule has 3 N–H and O–H groups in total. The largest absolute Gasteiger partial charge is 0.355 e. The molecule has 0 aliphatic carbocycles. The molecule has 0 spiro atoms. The van der Waals surface area contributed by atoms with Gasteiger partial charge in [0.05, 0.1) is 17.0 Å². The van der Waals surface area contributed by atoms with E-state index in [-0.39, 0.29) is 23.8 Å². The summed E-state index contributed by atoms with van der Waals surface area (Å²) < 4.78 is 0. The topological polar surface area (TPSA) is 104 Å². The van der Waals surface area contributed by atoms with E-state index in [4.69, 9.17) is 0 Å². The zero-order valence-corrected chi connectivity index (χ0v) is 10.4. The van der Waals surface area contributed by atoms with Crippen LogP contribution >= 0.6 is 0 Å². The molecule has 7 nitrogen and oxygen atoms in total. The second-order valence-corrected chi connectivity index (χ2v) is 4.74. The molecule has 0 bridgehead atoms. The molecular weight excluding hydrogens is 262 g/mol. The molecule has 1 saturated heterocycles. The van der Waals surface area contributed by atoms with Gasteiger partial charge in [-0.15, -0.1) is 0 Å². The molecule has 0 saturated carbocycles. The summed E-state index contributed by atoms with van der Waals surface area (Å²) in [4.78, 5) is 45.9. The van der Waals surface area contributed by atoms with Crippen molar-refractivity contribution >= 4 is 29.3 Å². The van der Waals surface area contributed by atoms with Crippen LogP contribution in [-0.4, -0.2) is 30.2 Å². The van der Waals surface area contributed by atoms with Gasteiger partial charge in [-0.1, -0.05) is 0 Å². The van der Waals surface area contributed by atoms with E-state index < -0.39 is 17.7 Å². The Morgan fingerprint density at radius 1 is 1.15 bits per heavy atom. The molecule has 0 radical (unpaired) electrons. The number of carbonyl (C=O) groups excluding carboxylic acids is 4. The molecule has 7 heteroatoms. The number of imide groups is 1. The maximum atomic E-state index is 11.9. The molecular formula is C13H11N3O4. The lowest BCUT2D eigenvalue weighted by atomic mass is 10.1. The number of nitrogens with one attached hydrogen (secondary N) is 3. The quantitative estimate of drug-likeness (QED) is 0.640. The van der Waals surface area contributed by atoms with Crippen molar-refractivity contribution in [2.75, 3.05) is 11.9 Å². The molecule has 0 aromatic heterocycles. The Morgan fingerprint density at radius 3 is 2.60 bits per heavy atom. The van der Waals surface area contributed by atoms with E-state index >= 15 is 0 Å². The highest BCUT2D eigenvalue weighted by Crippen LogP contribution is 2.21.